The predicted octanol–water partition coefficient (Wildman–Crippen LogP) is 2.66. The smallest absolute Gasteiger partial charge is 0.234 e. The first kappa shape index (κ1) is 17.0. The average molecular weight is 343 g/mol. The van der Waals surface area contributed by atoms with E-state index in [0.29, 0.717) is 19.0 Å². The Morgan fingerprint density at radius 2 is 2.15 bits per heavy atom. The predicted molar refractivity (Wildman–Crippen MR) is 84.9 cm³/mol. The summed E-state index contributed by atoms with van der Waals surface area (Å²) < 4.78 is 6.24. The van der Waals surface area contributed by atoms with Gasteiger partial charge in [-0.15, -0.1) is 0 Å². The minimum Gasteiger partial charge on any atom is -0.497 e. The first-order valence-electron chi connectivity index (χ1n) is 6.70. The lowest BCUT2D eigenvalue weighted by Gasteiger charge is -2.18. The zero-order chi connectivity index (χ0) is 15.1. The summed E-state index contributed by atoms with van der Waals surface area (Å²) in [5.41, 5.74) is 1.10. The molecule has 0 spiro atoms. The maximum absolute atomic E-state index is 11.8. The average Bonchev–Trinajstić information content (AvgIpc) is 2.39. The molecule has 0 radical (unpaired) electrons. The summed E-state index contributed by atoms with van der Waals surface area (Å²) in [4.78, 5) is 13.7. The Bertz CT molecular complexity index is 449. The van der Waals surface area contributed by atoms with Crippen LogP contribution in [-0.4, -0.2) is 38.1 Å². The Hall–Kier alpha value is -1.07. The number of carbonyl (C=O) groups excluding carboxylic acids is 1. The molecule has 0 unspecified atom stereocenters. The molecule has 0 fully saturated rings. The second-order valence-electron chi connectivity index (χ2n) is 5.33. The summed E-state index contributed by atoms with van der Waals surface area (Å²) in [5, 5.41) is 2.92. The van der Waals surface area contributed by atoms with E-state index in [1.807, 2.05) is 30.1 Å². The summed E-state index contributed by atoms with van der Waals surface area (Å²) in [6.45, 7) is 5.95. The van der Waals surface area contributed by atoms with Crippen molar-refractivity contribution in [1.82, 2.24) is 10.2 Å². The number of benzene rings is 1. The maximum atomic E-state index is 11.8. The van der Waals surface area contributed by atoms with Gasteiger partial charge in [0.15, 0.2) is 0 Å². The van der Waals surface area contributed by atoms with E-state index in [4.69, 9.17) is 4.74 Å². The highest BCUT2D eigenvalue weighted by atomic mass is 79.9. The van der Waals surface area contributed by atoms with Crippen LogP contribution in [0.3, 0.4) is 0 Å². The van der Waals surface area contributed by atoms with Crippen molar-refractivity contribution in [2.45, 2.75) is 20.4 Å². The molecule has 5 heteroatoms. The highest BCUT2D eigenvalue weighted by Crippen LogP contribution is 2.23. The van der Waals surface area contributed by atoms with Gasteiger partial charge in [-0.1, -0.05) is 29.8 Å². The van der Waals surface area contributed by atoms with Crippen molar-refractivity contribution in [2.24, 2.45) is 5.92 Å². The van der Waals surface area contributed by atoms with Crippen molar-refractivity contribution in [2.75, 3.05) is 27.2 Å². The largest absolute Gasteiger partial charge is 0.497 e. The fourth-order valence-electron chi connectivity index (χ4n) is 1.76. The first-order valence-corrected chi connectivity index (χ1v) is 7.49. The molecule has 1 aromatic carbocycles. The van der Waals surface area contributed by atoms with E-state index < -0.39 is 0 Å². The molecule has 0 saturated carbocycles. The Balaban J connectivity index is 2.53. The topological polar surface area (TPSA) is 41.6 Å². The maximum Gasteiger partial charge on any atom is 0.234 e. The number of hydrogen-bond acceptors (Lipinski definition) is 3. The van der Waals surface area contributed by atoms with E-state index in [1.54, 1.807) is 7.11 Å². The molecule has 0 bridgehead atoms. The van der Waals surface area contributed by atoms with Gasteiger partial charge < -0.3 is 10.1 Å². The van der Waals surface area contributed by atoms with Gasteiger partial charge in [0.1, 0.15) is 5.75 Å². The monoisotopic (exact) mass is 342 g/mol. The minimum atomic E-state index is 0.0558. The Morgan fingerprint density at radius 1 is 1.45 bits per heavy atom. The van der Waals surface area contributed by atoms with Gasteiger partial charge >= 0.3 is 0 Å². The number of carbonyl (C=O) groups is 1. The number of amides is 1. The summed E-state index contributed by atoms with van der Waals surface area (Å²) in [6, 6.07) is 5.84. The van der Waals surface area contributed by atoms with Crippen LogP contribution in [0.1, 0.15) is 19.4 Å². The molecule has 0 atom stereocenters. The minimum absolute atomic E-state index is 0.0558. The van der Waals surface area contributed by atoms with E-state index in [0.717, 1.165) is 22.3 Å². The highest BCUT2D eigenvalue weighted by Gasteiger charge is 2.10. The van der Waals surface area contributed by atoms with Crippen molar-refractivity contribution in [3.63, 3.8) is 0 Å². The number of nitrogens with zero attached hydrogens (tertiary/aromatic N) is 1. The fourth-order valence-corrected chi connectivity index (χ4v) is 2.14. The quantitative estimate of drug-likeness (QED) is 0.828. The van der Waals surface area contributed by atoms with Gasteiger partial charge in [-0.25, -0.2) is 0 Å². The zero-order valence-corrected chi connectivity index (χ0v) is 14.2. The van der Waals surface area contributed by atoms with Gasteiger partial charge in [-0.3, -0.25) is 9.69 Å². The third kappa shape index (κ3) is 5.92. The molecular weight excluding hydrogens is 320 g/mol. The highest BCUT2D eigenvalue weighted by molar-refractivity contribution is 9.10. The summed E-state index contributed by atoms with van der Waals surface area (Å²) in [5.74, 6) is 1.35. The molecule has 1 aromatic rings. The Labute approximate surface area is 129 Å². The van der Waals surface area contributed by atoms with Crippen molar-refractivity contribution < 1.29 is 9.53 Å². The third-order valence-electron chi connectivity index (χ3n) is 2.81. The number of nitrogens with one attached hydrogen (secondary N) is 1. The van der Waals surface area contributed by atoms with E-state index in [9.17, 15) is 4.79 Å². The Kier molecular flexibility index (Phi) is 7.02. The lowest BCUT2D eigenvalue weighted by molar-refractivity contribution is -0.122. The van der Waals surface area contributed by atoms with Gasteiger partial charge in [-0.2, -0.15) is 0 Å². The van der Waals surface area contributed by atoms with Crippen LogP contribution in [-0.2, 0) is 11.3 Å². The van der Waals surface area contributed by atoms with Crippen LogP contribution >= 0.6 is 15.9 Å². The zero-order valence-electron chi connectivity index (χ0n) is 12.6. The number of rotatable bonds is 7. The normalized spacial score (nSPS) is 10.9. The molecule has 0 aliphatic heterocycles. The number of hydrogen-bond donors (Lipinski definition) is 1. The van der Waals surface area contributed by atoms with E-state index >= 15 is 0 Å². The van der Waals surface area contributed by atoms with Crippen LogP contribution in [0.2, 0.25) is 0 Å². The lowest BCUT2D eigenvalue weighted by atomic mass is 10.2. The van der Waals surface area contributed by atoms with Crippen molar-refractivity contribution in [1.29, 1.82) is 0 Å². The van der Waals surface area contributed by atoms with Crippen LogP contribution < -0.4 is 10.1 Å². The van der Waals surface area contributed by atoms with Crippen molar-refractivity contribution in [3.8, 4) is 5.75 Å². The fraction of sp³-hybridized carbons (Fsp3) is 0.533. The van der Waals surface area contributed by atoms with E-state index in [2.05, 4.69) is 35.1 Å². The first-order chi connectivity index (χ1) is 9.42. The van der Waals surface area contributed by atoms with Gasteiger partial charge in [0.05, 0.1) is 13.7 Å². The molecule has 0 saturated heterocycles. The molecule has 0 aromatic heterocycles. The van der Waals surface area contributed by atoms with E-state index in [-0.39, 0.29) is 5.91 Å². The van der Waals surface area contributed by atoms with E-state index in [1.165, 1.54) is 0 Å². The molecule has 0 aliphatic carbocycles. The number of ether oxygens (including phenoxy) is 1. The SMILES string of the molecule is COc1ccc(Br)c(CN(C)CC(=O)NCC(C)C)c1. The van der Waals surface area contributed by atoms with Gasteiger partial charge in [0.25, 0.3) is 0 Å². The second kappa shape index (κ2) is 8.27. The second-order valence-corrected chi connectivity index (χ2v) is 6.18. The van der Waals surface area contributed by atoms with Crippen molar-refractivity contribution >= 4 is 21.8 Å². The lowest BCUT2D eigenvalue weighted by Crippen LogP contribution is -2.36. The molecule has 0 heterocycles. The van der Waals surface area contributed by atoms with Crippen LogP contribution in [0.4, 0.5) is 0 Å². The molecule has 0 aliphatic rings. The Morgan fingerprint density at radius 3 is 2.75 bits per heavy atom. The molecule has 1 amide bonds. The summed E-state index contributed by atoms with van der Waals surface area (Å²) in [6.07, 6.45) is 0. The van der Waals surface area contributed by atoms with Crippen LogP contribution in [0.15, 0.2) is 22.7 Å². The van der Waals surface area contributed by atoms with Crippen LogP contribution in [0.25, 0.3) is 0 Å². The number of methoxy groups -OCH3 is 1. The van der Waals surface area contributed by atoms with Gasteiger partial charge in [0, 0.05) is 17.6 Å². The van der Waals surface area contributed by atoms with Gasteiger partial charge in [0.2, 0.25) is 5.91 Å². The van der Waals surface area contributed by atoms with Crippen LogP contribution in [0, 0.1) is 5.92 Å². The standard InChI is InChI=1S/C15H23BrN2O2/c1-11(2)8-17-15(19)10-18(3)9-12-7-13(20-4)5-6-14(12)16/h5-7,11H,8-10H2,1-4H3,(H,17,19). The molecule has 20 heavy (non-hydrogen) atoms. The molecule has 4 nitrogen and oxygen atoms in total. The number of halogens is 1. The van der Waals surface area contributed by atoms with Crippen LogP contribution in [0.5, 0.6) is 5.75 Å². The summed E-state index contributed by atoms with van der Waals surface area (Å²) >= 11 is 3.52. The third-order valence-corrected chi connectivity index (χ3v) is 3.59. The number of likely N-dealkylation sites (N-methyl/N-ethyl adjacent to an activating group) is 1. The molecule has 112 valence electrons. The molecular formula is C15H23BrN2O2. The summed E-state index contributed by atoms with van der Waals surface area (Å²) in [7, 11) is 3.58. The van der Waals surface area contributed by atoms with Crippen molar-refractivity contribution in [3.05, 3.63) is 28.2 Å². The molecule has 1 rings (SSSR count). The molecule has 1 N–H and O–H groups in total. The van der Waals surface area contributed by atoms with Gasteiger partial charge in [-0.05, 0) is 36.7 Å².